The summed E-state index contributed by atoms with van der Waals surface area (Å²) in [6.07, 6.45) is 0. The number of hydrogen-bond acceptors (Lipinski definition) is 2. The molecule has 0 aliphatic heterocycles. The first-order valence-electron chi connectivity index (χ1n) is 5.32. The number of aryl methyl sites for hydroxylation is 2. The van der Waals surface area contributed by atoms with Gasteiger partial charge in [-0.1, -0.05) is 30.3 Å². The maximum absolute atomic E-state index is 6.10. The van der Waals surface area contributed by atoms with E-state index in [2.05, 4.69) is 0 Å². The Hall–Kier alpha value is -1.96. The standard InChI is InChI=1S/C14H16N2/c1-9-5-4-8-12(15)13(9)11-7-3-6-10(2)14(11)16/h3-8H,15-16H2,1-2H3. The molecule has 0 aliphatic carbocycles. The maximum Gasteiger partial charge on any atom is 0.0424 e. The van der Waals surface area contributed by atoms with E-state index in [1.54, 1.807) is 0 Å². The van der Waals surface area contributed by atoms with Gasteiger partial charge in [0.05, 0.1) is 0 Å². The molecule has 2 rings (SSSR count). The summed E-state index contributed by atoms with van der Waals surface area (Å²) < 4.78 is 0. The quantitative estimate of drug-likeness (QED) is 0.713. The first kappa shape index (κ1) is 10.6. The Morgan fingerprint density at radius 2 is 1.44 bits per heavy atom. The Labute approximate surface area is 95.9 Å². The molecule has 0 saturated carbocycles. The van der Waals surface area contributed by atoms with Gasteiger partial charge in [-0.3, -0.25) is 0 Å². The minimum atomic E-state index is 0.775. The van der Waals surface area contributed by atoms with Crippen LogP contribution >= 0.6 is 0 Å². The third kappa shape index (κ3) is 1.63. The highest BCUT2D eigenvalue weighted by atomic mass is 14.6. The van der Waals surface area contributed by atoms with Gasteiger partial charge in [0, 0.05) is 22.5 Å². The van der Waals surface area contributed by atoms with Crippen molar-refractivity contribution in [3.05, 3.63) is 47.5 Å². The van der Waals surface area contributed by atoms with Gasteiger partial charge in [-0.2, -0.15) is 0 Å². The van der Waals surface area contributed by atoms with Crippen LogP contribution in [0.5, 0.6) is 0 Å². The molecule has 0 aromatic heterocycles. The smallest absolute Gasteiger partial charge is 0.0424 e. The molecule has 0 bridgehead atoms. The summed E-state index contributed by atoms with van der Waals surface area (Å²) >= 11 is 0. The zero-order chi connectivity index (χ0) is 11.7. The lowest BCUT2D eigenvalue weighted by Crippen LogP contribution is -1.98. The summed E-state index contributed by atoms with van der Waals surface area (Å²) in [4.78, 5) is 0. The summed E-state index contributed by atoms with van der Waals surface area (Å²) in [5.74, 6) is 0. The van der Waals surface area contributed by atoms with Crippen molar-refractivity contribution in [2.24, 2.45) is 0 Å². The van der Waals surface area contributed by atoms with Crippen molar-refractivity contribution in [1.82, 2.24) is 0 Å². The molecule has 2 aromatic carbocycles. The van der Waals surface area contributed by atoms with Crippen LogP contribution in [0, 0.1) is 13.8 Å². The highest BCUT2D eigenvalue weighted by Crippen LogP contribution is 2.34. The zero-order valence-corrected chi connectivity index (χ0v) is 9.62. The first-order valence-corrected chi connectivity index (χ1v) is 5.32. The molecule has 0 fully saturated rings. The van der Waals surface area contributed by atoms with E-state index in [-0.39, 0.29) is 0 Å². The third-order valence-corrected chi connectivity index (χ3v) is 2.90. The Morgan fingerprint density at radius 1 is 0.812 bits per heavy atom. The van der Waals surface area contributed by atoms with Gasteiger partial charge in [0.1, 0.15) is 0 Å². The van der Waals surface area contributed by atoms with Crippen LogP contribution in [0.4, 0.5) is 11.4 Å². The van der Waals surface area contributed by atoms with E-state index in [1.165, 1.54) is 0 Å². The predicted octanol–water partition coefficient (Wildman–Crippen LogP) is 3.13. The number of anilines is 2. The van der Waals surface area contributed by atoms with E-state index in [9.17, 15) is 0 Å². The van der Waals surface area contributed by atoms with E-state index in [4.69, 9.17) is 11.5 Å². The Balaban J connectivity index is 2.73. The van der Waals surface area contributed by atoms with Gasteiger partial charge >= 0.3 is 0 Å². The van der Waals surface area contributed by atoms with Crippen molar-refractivity contribution in [2.75, 3.05) is 11.5 Å². The molecule has 2 aromatic rings. The molecule has 0 heterocycles. The summed E-state index contributed by atoms with van der Waals surface area (Å²) in [5.41, 5.74) is 18.0. The minimum Gasteiger partial charge on any atom is -0.398 e. The van der Waals surface area contributed by atoms with Crippen molar-refractivity contribution in [3.8, 4) is 11.1 Å². The lowest BCUT2D eigenvalue weighted by molar-refractivity contribution is 1.43. The van der Waals surface area contributed by atoms with Crippen molar-refractivity contribution < 1.29 is 0 Å². The molecule has 0 amide bonds. The fourth-order valence-electron chi connectivity index (χ4n) is 1.96. The number of nitrogen functional groups attached to an aromatic ring is 2. The fourth-order valence-corrected chi connectivity index (χ4v) is 1.96. The number of benzene rings is 2. The molecule has 0 spiro atoms. The predicted molar refractivity (Wildman–Crippen MR) is 70.2 cm³/mol. The summed E-state index contributed by atoms with van der Waals surface area (Å²) in [5, 5.41) is 0. The molecule has 2 nitrogen and oxygen atoms in total. The second-order valence-electron chi connectivity index (χ2n) is 4.08. The number of nitrogens with two attached hydrogens (primary N) is 2. The molecule has 0 unspecified atom stereocenters. The van der Waals surface area contributed by atoms with E-state index in [1.807, 2.05) is 50.2 Å². The third-order valence-electron chi connectivity index (χ3n) is 2.90. The van der Waals surface area contributed by atoms with E-state index in [0.717, 1.165) is 33.6 Å². The van der Waals surface area contributed by atoms with E-state index < -0.39 is 0 Å². The Kier molecular flexibility index (Phi) is 2.57. The summed E-state index contributed by atoms with van der Waals surface area (Å²) in [6, 6.07) is 11.9. The number of hydrogen-bond donors (Lipinski definition) is 2. The van der Waals surface area contributed by atoms with Crippen molar-refractivity contribution in [2.45, 2.75) is 13.8 Å². The average Bonchev–Trinajstić information content (AvgIpc) is 2.24. The van der Waals surface area contributed by atoms with Crippen molar-refractivity contribution >= 4 is 11.4 Å². The number of rotatable bonds is 1. The van der Waals surface area contributed by atoms with Crippen LogP contribution in [-0.4, -0.2) is 0 Å². The minimum absolute atomic E-state index is 0.775. The Bertz CT molecular complexity index is 510. The summed E-state index contributed by atoms with van der Waals surface area (Å²) in [7, 11) is 0. The van der Waals surface area contributed by atoms with Crippen LogP contribution in [0.1, 0.15) is 11.1 Å². The normalized spacial score (nSPS) is 10.4. The van der Waals surface area contributed by atoms with Crippen LogP contribution in [0.25, 0.3) is 11.1 Å². The molecule has 82 valence electrons. The molecule has 16 heavy (non-hydrogen) atoms. The topological polar surface area (TPSA) is 52.0 Å². The largest absolute Gasteiger partial charge is 0.398 e. The second-order valence-corrected chi connectivity index (χ2v) is 4.08. The lowest BCUT2D eigenvalue weighted by Gasteiger charge is -2.13. The zero-order valence-electron chi connectivity index (χ0n) is 9.62. The van der Waals surface area contributed by atoms with Crippen molar-refractivity contribution in [1.29, 1.82) is 0 Å². The maximum atomic E-state index is 6.10. The molecule has 0 radical (unpaired) electrons. The molecule has 0 aliphatic rings. The second kappa shape index (κ2) is 3.89. The van der Waals surface area contributed by atoms with Crippen LogP contribution < -0.4 is 11.5 Å². The lowest BCUT2D eigenvalue weighted by atomic mass is 9.95. The Morgan fingerprint density at radius 3 is 2.12 bits per heavy atom. The fraction of sp³-hybridized carbons (Fsp3) is 0.143. The van der Waals surface area contributed by atoms with Crippen LogP contribution in [-0.2, 0) is 0 Å². The van der Waals surface area contributed by atoms with E-state index >= 15 is 0 Å². The van der Waals surface area contributed by atoms with E-state index in [0.29, 0.717) is 0 Å². The van der Waals surface area contributed by atoms with Gasteiger partial charge in [0.2, 0.25) is 0 Å². The van der Waals surface area contributed by atoms with Gasteiger partial charge in [-0.25, -0.2) is 0 Å². The van der Waals surface area contributed by atoms with Gasteiger partial charge < -0.3 is 11.5 Å². The van der Waals surface area contributed by atoms with Crippen LogP contribution in [0.2, 0.25) is 0 Å². The summed E-state index contributed by atoms with van der Waals surface area (Å²) in [6.45, 7) is 4.06. The SMILES string of the molecule is Cc1cccc(-c2c(C)cccc2N)c1N. The van der Waals surface area contributed by atoms with Crippen molar-refractivity contribution in [3.63, 3.8) is 0 Å². The van der Waals surface area contributed by atoms with Gasteiger partial charge in [0.25, 0.3) is 0 Å². The highest BCUT2D eigenvalue weighted by Gasteiger charge is 2.09. The molecular weight excluding hydrogens is 196 g/mol. The van der Waals surface area contributed by atoms with Crippen LogP contribution in [0.3, 0.4) is 0 Å². The molecule has 4 N–H and O–H groups in total. The average molecular weight is 212 g/mol. The van der Waals surface area contributed by atoms with Gasteiger partial charge in [0.15, 0.2) is 0 Å². The molecular formula is C14H16N2. The van der Waals surface area contributed by atoms with Gasteiger partial charge in [-0.15, -0.1) is 0 Å². The molecule has 0 saturated heterocycles. The van der Waals surface area contributed by atoms with Gasteiger partial charge in [-0.05, 0) is 31.0 Å². The first-order chi connectivity index (χ1) is 7.61. The highest BCUT2D eigenvalue weighted by molar-refractivity contribution is 5.87. The molecule has 0 atom stereocenters. The molecule has 2 heteroatoms. The number of para-hydroxylation sites is 1. The monoisotopic (exact) mass is 212 g/mol. The van der Waals surface area contributed by atoms with Crippen LogP contribution in [0.15, 0.2) is 36.4 Å².